The van der Waals surface area contributed by atoms with Crippen molar-refractivity contribution in [1.82, 2.24) is 4.98 Å². The number of ether oxygens (including phenoxy) is 2. The number of hydroxylamine groups is 1. The van der Waals surface area contributed by atoms with Crippen LogP contribution in [0.5, 0.6) is 11.5 Å². The van der Waals surface area contributed by atoms with Crippen LogP contribution in [-0.2, 0) is 4.79 Å². The monoisotopic (exact) mass is 410 g/mol. The summed E-state index contributed by atoms with van der Waals surface area (Å²) in [6, 6.07) is 7.26. The molecule has 1 aromatic carbocycles. The van der Waals surface area contributed by atoms with Crippen LogP contribution in [0.4, 0.5) is 5.69 Å². The Kier molecular flexibility index (Phi) is 5.59. The van der Waals surface area contributed by atoms with Gasteiger partial charge in [0, 0.05) is 18.5 Å². The number of hydrogen-bond acceptors (Lipinski definition) is 7. The largest absolute Gasteiger partial charge is 0.758 e. The van der Waals surface area contributed by atoms with E-state index in [1.165, 1.54) is 6.20 Å². The summed E-state index contributed by atoms with van der Waals surface area (Å²) in [4.78, 5) is 28.9. The van der Waals surface area contributed by atoms with Crippen LogP contribution in [0.2, 0.25) is 0 Å². The number of anilines is 1. The van der Waals surface area contributed by atoms with Gasteiger partial charge in [-0.2, -0.15) is 0 Å². The minimum atomic E-state index is -1.12. The summed E-state index contributed by atoms with van der Waals surface area (Å²) in [5.74, 6) is -0.654. The van der Waals surface area contributed by atoms with Crippen molar-refractivity contribution in [3.8, 4) is 11.5 Å². The molecule has 2 unspecified atom stereocenters. The minimum Gasteiger partial charge on any atom is -0.758 e. The van der Waals surface area contributed by atoms with Gasteiger partial charge in [-0.05, 0) is 55.5 Å². The van der Waals surface area contributed by atoms with Gasteiger partial charge in [-0.15, -0.1) is 0 Å². The molecule has 2 aliphatic rings. The van der Waals surface area contributed by atoms with Crippen LogP contribution in [0.1, 0.15) is 54.1 Å². The summed E-state index contributed by atoms with van der Waals surface area (Å²) in [6.45, 7) is 0. The average molecular weight is 410 g/mol. The second-order valence-electron chi connectivity index (χ2n) is 7.72. The van der Waals surface area contributed by atoms with E-state index < -0.39 is 23.7 Å². The van der Waals surface area contributed by atoms with Gasteiger partial charge in [0.2, 0.25) is 11.7 Å². The van der Waals surface area contributed by atoms with Crippen molar-refractivity contribution in [3.63, 3.8) is 0 Å². The van der Waals surface area contributed by atoms with E-state index in [1.807, 2.05) is 0 Å². The summed E-state index contributed by atoms with van der Waals surface area (Å²) in [6.07, 6.45) is 5.58. The van der Waals surface area contributed by atoms with Crippen molar-refractivity contribution in [1.29, 1.82) is 0 Å². The topological polar surface area (TPSA) is 118 Å². The van der Waals surface area contributed by atoms with Gasteiger partial charge < -0.3 is 25.5 Å². The summed E-state index contributed by atoms with van der Waals surface area (Å²) in [7, 11) is 1.56. The Hall–Kier alpha value is -3.13. The fraction of sp³-hybridized carbons (Fsp3) is 0.409. The molecule has 30 heavy (non-hydrogen) atoms. The number of aromatic nitrogens is 1. The molecule has 2 N–H and O–H groups in total. The van der Waals surface area contributed by atoms with Gasteiger partial charge in [-0.25, -0.2) is 0 Å². The van der Waals surface area contributed by atoms with Crippen LogP contribution in [0, 0.1) is 5.21 Å². The molecule has 0 spiro atoms. The van der Waals surface area contributed by atoms with Gasteiger partial charge in [0.25, 0.3) is 0 Å². The number of nitrogens with two attached hydrogens (primary N) is 1. The van der Waals surface area contributed by atoms with Crippen molar-refractivity contribution in [3.05, 3.63) is 53.0 Å². The number of ketones is 1. The predicted octanol–water partition coefficient (Wildman–Crippen LogP) is 2.94. The molecule has 4 rings (SSSR count). The number of amides is 1. The normalized spacial score (nSPS) is 19.6. The van der Waals surface area contributed by atoms with Crippen molar-refractivity contribution in [2.45, 2.75) is 50.2 Å². The fourth-order valence-electron chi connectivity index (χ4n) is 4.34. The number of hydrogen-bond donors (Lipinski definition) is 1. The number of Topliss-reactive ketones (excluding diaryl/α,β-unsaturated/α-hetero) is 1. The van der Waals surface area contributed by atoms with Crippen molar-refractivity contribution in [2.24, 2.45) is 5.73 Å². The lowest BCUT2D eigenvalue weighted by Gasteiger charge is -2.36. The zero-order chi connectivity index (χ0) is 21.3. The Morgan fingerprint density at radius 3 is 2.73 bits per heavy atom. The third kappa shape index (κ3) is 3.70. The number of nitrogens with zero attached hydrogens (tertiary/aromatic N) is 2. The smallest absolute Gasteiger partial charge is 0.218 e. The van der Waals surface area contributed by atoms with E-state index in [-0.39, 0.29) is 23.9 Å². The molecule has 2 aromatic rings. The molecule has 1 fully saturated rings. The third-order valence-electron chi connectivity index (χ3n) is 5.79. The Morgan fingerprint density at radius 1 is 1.30 bits per heavy atom. The molecule has 1 aliphatic carbocycles. The maximum Gasteiger partial charge on any atom is 0.218 e. The molecule has 1 aliphatic heterocycles. The number of methoxy groups -OCH3 is 1. The Balaban J connectivity index is 1.71. The van der Waals surface area contributed by atoms with Gasteiger partial charge >= 0.3 is 0 Å². The SMILES string of the molecule is COc1ccc(C(CC(N)=O)C2C(=O)c3ncccc3N2[O-])cc1OC1CCCC1. The highest BCUT2D eigenvalue weighted by atomic mass is 16.5. The van der Waals surface area contributed by atoms with E-state index in [1.54, 1.807) is 37.4 Å². The quantitative estimate of drug-likeness (QED) is 0.745. The number of carbonyl (C=O) groups excluding carboxylic acids is 2. The van der Waals surface area contributed by atoms with Gasteiger partial charge in [0.05, 0.1) is 24.9 Å². The van der Waals surface area contributed by atoms with Gasteiger partial charge in [-0.3, -0.25) is 14.6 Å². The predicted molar refractivity (Wildman–Crippen MR) is 111 cm³/mol. The molecule has 158 valence electrons. The summed E-state index contributed by atoms with van der Waals surface area (Å²) < 4.78 is 11.6. The first-order valence-electron chi connectivity index (χ1n) is 10.1. The lowest BCUT2D eigenvalue weighted by Crippen LogP contribution is -2.38. The molecule has 1 aromatic heterocycles. The lowest BCUT2D eigenvalue weighted by molar-refractivity contribution is -0.118. The molecular formula is C22H24N3O5-. The molecule has 1 saturated carbocycles. The van der Waals surface area contributed by atoms with Crippen molar-refractivity contribution < 1.29 is 19.1 Å². The standard InChI is InChI=1S/C22H24N3O5/c1-29-17-9-8-13(11-18(17)30-14-5-2-3-6-14)15(12-19(23)26)21-22(27)20-16(25(21)28)7-4-10-24-20/h4,7-11,14-15,21H,2-3,5-6,12H2,1H3,(H2,23,26)/q-1. The van der Waals surface area contributed by atoms with Crippen LogP contribution in [-0.4, -0.2) is 35.9 Å². The Morgan fingerprint density at radius 2 is 2.07 bits per heavy atom. The molecule has 2 heterocycles. The van der Waals surface area contributed by atoms with E-state index in [2.05, 4.69) is 4.98 Å². The zero-order valence-electron chi connectivity index (χ0n) is 16.7. The van der Waals surface area contributed by atoms with Crippen LogP contribution in [0.15, 0.2) is 36.5 Å². The van der Waals surface area contributed by atoms with Gasteiger partial charge in [0.1, 0.15) is 5.69 Å². The number of fused-ring (bicyclic) bond motifs is 1. The zero-order valence-corrected chi connectivity index (χ0v) is 16.7. The van der Waals surface area contributed by atoms with Crippen LogP contribution in [0.25, 0.3) is 0 Å². The van der Waals surface area contributed by atoms with Crippen LogP contribution in [0.3, 0.4) is 0 Å². The lowest BCUT2D eigenvalue weighted by atomic mass is 9.86. The van der Waals surface area contributed by atoms with Gasteiger partial charge in [-0.1, -0.05) is 6.07 Å². The average Bonchev–Trinajstić information content (AvgIpc) is 3.33. The molecule has 8 heteroatoms. The Labute approximate surface area is 174 Å². The first kappa shape index (κ1) is 20.2. The minimum absolute atomic E-state index is 0.0984. The van der Waals surface area contributed by atoms with E-state index in [9.17, 15) is 14.8 Å². The van der Waals surface area contributed by atoms with Crippen LogP contribution < -0.4 is 20.3 Å². The summed E-state index contributed by atoms with van der Waals surface area (Å²) >= 11 is 0. The van der Waals surface area contributed by atoms with E-state index in [4.69, 9.17) is 15.2 Å². The molecule has 0 radical (unpaired) electrons. The van der Waals surface area contributed by atoms with Crippen molar-refractivity contribution >= 4 is 17.4 Å². The molecular weight excluding hydrogens is 386 g/mol. The second kappa shape index (κ2) is 8.31. The summed E-state index contributed by atoms with van der Waals surface area (Å²) in [5, 5.41) is 13.6. The highest BCUT2D eigenvalue weighted by Crippen LogP contribution is 2.41. The maximum atomic E-state index is 13.0. The molecule has 1 amide bonds. The number of pyridine rings is 1. The van der Waals surface area contributed by atoms with Gasteiger partial charge in [0.15, 0.2) is 11.5 Å². The number of benzene rings is 1. The van der Waals surface area contributed by atoms with E-state index >= 15 is 0 Å². The highest BCUT2D eigenvalue weighted by molar-refractivity contribution is 6.10. The molecule has 0 bridgehead atoms. The molecule has 8 nitrogen and oxygen atoms in total. The Bertz CT molecular complexity index is 958. The fourth-order valence-corrected chi connectivity index (χ4v) is 4.34. The third-order valence-corrected chi connectivity index (χ3v) is 5.79. The highest BCUT2D eigenvalue weighted by Gasteiger charge is 2.40. The van der Waals surface area contributed by atoms with E-state index in [0.29, 0.717) is 22.1 Å². The number of carbonyl (C=O) groups is 2. The summed E-state index contributed by atoms with van der Waals surface area (Å²) in [5.41, 5.74) is 6.42. The number of rotatable bonds is 7. The first-order chi connectivity index (χ1) is 14.5. The van der Waals surface area contributed by atoms with Crippen LogP contribution >= 0.6 is 0 Å². The molecule has 0 saturated heterocycles. The molecule has 2 atom stereocenters. The van der Waals surface area contributed by atoms with E-state index in [0.717, 1.165) is 25.7 Å². The van der Waals surface area contributed by atoms with Crippen molar-refractivity contribution in [2.75, 3.05) is 12.2 Å². The maximum absolute atomic E-state index is 13.0. The number of primary amides is 1. The first-order valence-corrected chi connectivity index (χ1v) is 10.1. The second-order valence-corrected chi connectivity index (χ2v) is 7.72.